The largest absolute Gasteiger partial charge is 0.491 e. The minimum absolute atomic E-state index is 0.317. The third kappa shape index (κ3) is 8.49. The van der Waals surface area contributed by atoms with Crippen molar-refractivity contribution in [2.45, 2.75) is 53.1 Å². The summed E-state index contributed by atoms with van der Waals surface area (Å²) in [6.45, 7) is 7.96. The minimum atomic E-state index is 0.317. The number of hydrogen-bond acceptors (Lipinski definition) is 2. The molecule has 0 fully saturated rings. The number of carbonyl (C=O) groups is 1. The summed E-state index contributed by atoms with van der Waals surface area (Å²) in [6.07, 6.45) is 2.75. The highest BCUT2D eigenvalue weighted by Crippen LogP contribution is 2.11. The summed E-state index contributed by atoms with van der Waals surface area (Å²) in [5, 5.41) is 0. The van der Waals surface area contributed by atoms with E-state index in [1.54, 1.807) is 0 Å². The predicted octanol–water partition coefficient (Wildman–Crippen LogP) is 4.24. The molecule has 2 heteroatoms. The molecule has 1 rings (SSSR count). The zero-order chi connectivity index (χ0) is 13.1. The molecule has 0 N–H and O–H groups in total. The molecular weight excluding hydrogens is 212 g/mol. The average molecular weight is 236 g/mol. The number of para-hydroxylation sites is 1. The third-order valence-electron chi connectivity index (χ3n) is 2.44. The number of benzene rings is 1. The molecule has 0 aliphatic carbocycles. The zero-order valence-electron chi connectivity index (χ0n) is 11.4. The Bertz CT molecular complexity index is 287. The Morgan fingerprint density at radius 2 is 1.65 bits per heavy atom. The number of ketones is 1. The molecule has 2 nitrogen and oxygen atoms in total. The molecule has 0 saturated heterocycles. The molecule has 1 aromatic carbocycles. The second kappa shape index (κ2) is 9.88. The van der Waals surface area contributed by atoms with Crippen LogP contribution in [0.2, 0.25) is 0 Å². The quantitative estimate of drug-likeness (QED) is 0.764. The van der Waals surface area contributed by atoms with E-state index in [1.807, 2.05) is 44.2 Å². The molecule has 1 atom stereocenters. The van der Waals surface area contributed by atoms with E-state index < -0.39 is 0 Å². The molecule has 0 aliphatic heterocycles. The highest BCUT2D eigenvalue weighted by molar-refractivity contribution is 5.77. The second-order valence-corrected chi connectivity index (χ2v) is 3.90. The van der Waals surface area contributed by atoms with Gasteiger partial charge in [-0.1, -0.05) is 39.0 Å². The van der Waals surface area contributed by atoms with Crippen molar-refractivity contribution in [1.82, 2.24) is 0 Å². The van der Waals surface area contributed by atoms with E-state index in [0.29, 0.717) is 24.7 Å². The number of ether oxygens (including phenoxy) is 1. The van der Waals surface area contributed by atoms with Crippen LogP contribution >= 0.6 is 0 Å². The van der Waals surface area contributed by atoms with E-state index in [4.69, 9.17) is 4.74 Å². The number of Topliss-reactive ketones (excluding diaryl/α,β-unsaturated/α-hetero) is 1. The summed E-state index contributed by atoms with van der Waals surface area (Å²) in [6, 6.07) is 9.91. The van der Waals surface area contributed by atoms with Gasteiger partial charge in [0.25, 0.3) is 0 Å². The first-order chi connectivity index (χ1) is 8.13. The lowest BCUT2D eigenvalue weighted by atomic mass is 10.3. The monoisotopic (exact) mass is 236 g/mol. The van der Waals surface area contributed by atoms with E-state index >= 15 is 0 Å². The first kappa shape index (κ1) is 15.7. The normalized spacial score (nSPS) is 11.1. The molecule has 0 aliphatic rings. The van der Waals surface area contributed by atoms with Gasteiger partial charge in [-0.3, -0.25) is 4.79 Å². The SMILES string of the molecule is CCC(=O)CC.CCC(C)Oc1ccccc1. The molecule has 96 valence electrons. The fourth-order valence-electron chi connectivity index (χ4n) is 1.06. The highest BCUT2D eigenvalue weighted by atomic mass is 16.5. The van der Waals surface area contributed by atoms with Gasteiger partial charge in [-0.2, -0.15) is 0 Å². The van der Waals surface area contributed by atoms with Gasteiger partial charge in [-0.05, 0) is 25.5 Å². The Hall–Kier alpha value is -1.31. The van der Waals surface area contributed by atoms with Gasteiger partial charge in [0.2, 0.25) is 0 Å². The van der Waals surface area contributed by atoms with E-state index in [2.05, 4.69) is 13.8 Å². The van der Waals surface area contributed by atoms with Crippen molar-refractivity contribution in [3.8, 4) is 5.75 Å². The maximum Gasteiger partial charge on any atom is 0.132 e. The molecule has 0 aromatic heterocycles. The van der Waals surface area contributed by atoms with Crippen molar-refractivity contribution in [3.63, 3.8) is 0 Å². The second-order valence-electron chi connectivity index (χ2n) is 3.90. The van der Waals surface area contributed by atoms with E-state index in [9.17, 15) is 4.79 Å². The van der Waals surface area contributed by atoms with Gasteiger partial charge in [0.15, 0.2) is 0 Å². The maximum absolute atomic E-state index is 10.2. The Morgan fingerprint density at radius 3 is 2.00 bits per heavy atom. The average Bonchev–Trinajstić information content (AvgIpc) is 2.39. The van der Waals surface area contributed by atoms with Crippen LogP contribution in [0.1, 0.15) is 47.0 Å². The lowest BCUT2D eigenvalue weighted by Crippen LogP contribution is -2.09. The van der Waals surface area contributed by atoms with Crippen LogP contribution in [0.15, 0.2) is 30.3 Å². The summed E-state index contributed by atoms with van der Waals surface area (Å²) in [5.41, 5.74) is 0. The topological polar surface area (TPSA) is 26.3 Å². The van der Waals surface area contributed by atoms with E-state index in [-0.39, 0.29) is 0 Å². The molecule has 17 heavy (non-hydrogen) atoms. The van der Waals surface area contributed by atoms with Gasteiger partial charge >= 0.3 is 0 Å². The summed E-state index contributed by atoms with van der Waals surface area (Å²) in [5.74, 6) is 1.30. The first-order valence-electron chi connectivity index (χ1n) is 6.37. The zero-order valence-corrected chi connectivity index (χ0v) is 11.4. The van der Waals surface area contributed by atoms with Crippen LogP contribution in [0.4, 0.5) is 0 Å². The molecular formula is C15H24O2. The van der Waals surface area contributed by atoms with Crippen molar-refractivity contribution < 1.29 is 9.53 Å². The minimum Gasteiger partial charge on any atom is -0.491 e. The smallest absolute Gasteiger partial charge is 0.132 e. The molecule has 1 aromatic rings. The Balaban J connectivity index is 0.000000366. The summed E-state index contributed by atoms with van der Waals surface area (Å²) in [7, 11) is 0. The van der Waals surface area contributed by atoms with Crippen LogP contribution < -0.4 is 4.74 Å². The number of hydrogen-bond donors (Lipinski definition) is 0. The fraction of sp³-hybridized carbons (Fsp3) is 0.533. The fourth-order valence-corrected chi connectivity index (χ4v) is 1.06. The van der Waals surface area contributed by atoms with Gasteiger partial charge in [0.1, 0.15) is 11.5 Å². The van der Waals surface area contributed by atoms with Crippen LogP contribution in [-0.2, 0) is 4.79 Å². The van der Waals surface area contributed by atoms with Gasteiger partial charge in [-0.25, -0.2) is 0 Å². The Labute approximate surface area is 105 Å². The molecule has 1 unspecified atom stereocenters. The molecule has 0 heterocycles. The molecule has 0 radical (unpaired) electrons. The Kier molecular flexibility index (Phi) is 9.12. The van der Waals surface area contributed by atoms with Gasteiger partial charge in [-0.15, -0.1) is 0 Å². The summed E-state index contributed by atoms with van der Waals surface area (Å²) >= 11 is 0. The molecule has 0 bridgehead atoms. The lowest BCUT2D eigenvalue weighted by Gasteiger charge is -2.11. The van der Waals surface area contributed by atoms with Crippen molar-refractivity contribution in [3.05, 3.63) is 30.3 Å². The van der Waals surface area contributed by atoms with Crippen molar-refractivity contribution in [2.75, 3.05) is 0 Å². The number of carbonyl (C=O) groups excluding carboxylic acids is 1. The maximum atomic E-state index is 10.2. The van der Waals surface area contributed by atoms with Gasteiger partial charge < -0.3 is 4.74 Å². The van der Waals surface area contributed by atoms with Crippen molar-refractivity contribution in [2.24, 2.45) is 0 Å². The highest BCUT2D eigenvalue weighted by Gasteiger charge is 1.98. The summed E-state index contributed by atoms with van der Waals surface area (Å²) < 4.78 is 5.56. The van der Waals surface area contributed by atoms with Crippen LogP contribution in [0.25, 0.3) is 0 Å². The van der Waals surface area contributed by atoms with Crippen LogP contribution in [-0.4, -0.2) is 11.9 Å². The molecule has 0 amide bonds. The number of rotatable bonds is 5. The van der Waals surface area contributed by atoms with Crippen LogP contribution in [0.3, 0.4) is 0 Å². The predicted molar refractivity (Wildman–Crippen MR) is 72.4 cm³/mol. The van der Waals surface area contributed by atoms with E-state index in [0.717, 1.165) is 12.2 Å². The Morgan fingerprint density at radius 1 is 1.12 bits per heavy atom. The molecule has 0 saturated carbocycles. The summed E-state index contributed by atoms with van der Waals surface area (Å²) in [4.78, 5) is 10.2. The van der Waals surface area contributed by atoms with Crippen LogP contribution in [0, 0.1) is 0 Å². The standard InChI is InChI=1S/C10H14O.C5H10O/c1-3-9(2)11-10-7-5-4-6-8-10;1-3-5(6)4-2/h4-9H,3H2,1-2H3;3-4H2,1-2H3. The first-order valence-corrected chi connectivity index (χ1v) is 6.37. The van der Waals surface area contributed by atoms with E-state index in [1.165, 1.54) is 0 Å². The van der Waals surface area contributed by atoms with Gasteiger partial charge in [0.05, 0.1) is 6.10 Å². The molecule has 0 spiro atoms. The third-order valence-corrected chi connectivity index (χ3v) is 2.44. The van der Waals surface area contributed by atoms with Crippen LogP contribution in [0.5, 0.6) is 5.75 Å². The van der Waals surface area contributed by atoms with Crippen molar-refractivity contribution >= 4 is 5.78 Å². The van der Waals surface area contributed by atoms with Gasteiger partial charge in [0, 0.05) is 12.8 Å². The lowest BCUT2D eigenvalue weighted by molar-refractivity contribution is -0.118. The van der Waals surface area contributed by atoms with Crippen molar-refractivity contribution in [1.29, 1.82) is 0 Å².